The van der Waals surface area contributed by atoms with Crippen LogP contribution in [0.25, 0.3) is 0 Å². The highest BCUT2D eigenvalue weighted by Crippen LogP contribution is 2.55. The van der Waals surface area contributed by atoms with E-state index in [9.17, 15) is 9.90 Å². The summed E-state index contributed by atoms with van der Waals surface area (Å²) < 4.78 is 22.7. The Morgan fingerprint density at radius 1 is 1.33 bits per heavy atom. The van der Waals surface area contributed by atoms with Crippen LogP contribution in [0, 0.1) is 5.92 Å². The molecule has 0 bridgehead atoms. The van der Waals surface area contributed by atoms with Crippen LogP contribution < -0.4 is 0 Å². The zero-order valence-electron chi connectivity index (χ0n) is 10.7. The largest absolute Gasteiger partial charge is 0.481 e. The van der Waals surface area contributed by atoms with Crippen LogP contribution in [-0.4, -0.2) is 48.1 Å². The van der Waals surface area contributed by atoms with Crippen molar-refractivity contribution in [1.82, 2.24) is 0 Å². The highest BCUT2D eigenvalue weighted by atomic mass is 16.8. The predicted octanol–water partition coefficient (Wildman–Crippen LogP) is 0.743. The summed E-state index contributed by atoms with van der Waals surface area (Å²) in [6.07, 6.45) is 0.00168. The van der Waals surface area contributed by atoms with Crippen molar-refractivity contribution < 1.29 is 28.8 Å². The number of ether oxygens (including phenoxy) is 4. The molecule has 102 valence electrons. The molecule has 2 aliphatic heterocycles. The van der Waals surface area contributed by atoms with E-state index in [1.165, 1.54) is 7.11 Å². The van der Waals surface area contributed by atoms with Gasteiger partial charge in [-0.05, 0) is 26.7 Å². The molecule has 0 amide bonds. The molecular formula is C12H18O6. The molecule has 3 aliphatic rings. The summed E-state index contributed by atoms with van der Waals surface area (Å²) in [4.78, 5) is 11.3. The Hall–Kier alpha value is -0.690. The molecule has 1 N–H and O–H groups in total. The van der Waals surface area contributed by atoms with Gasteiger partial charge >= 0.3 is 5.97 Å². The Bertz CT molecular complexity index is 381. The van der Waals surface area contributed by atoms with E-state index in [2.05, 4.69) is 0 Å². The Morgan fingerprint density at radius 2 is 2.06 bits per heavy atom. The first-order chi connectivity index (χ1) is 8.39. The van der Waals surface area contributed by atoms with Gasteiger partial charge in [-0.1, -0.05) is 0 Å². The fourth-order valence-corrected chi connectivity index (χ4v) is 3.29. The molecule has 3 rings (SSSR count). The van der Waals surface area contributed by atoms with Gasteiger partial charge in [-0.2, -0.15) is 0 Å². The minimum Gasteiger partial charge on any atom is -0.481 e. The highest BCUT2D eigenvalue weighted by Gasteiger charge is 2.70. The number of carboxylic acid groups (broad SMARTS) is 1. The van der Waals surface area contributed by atoms with Crippen molar-refractivity contribution in [1.29, 1.82) is 0 Å². The number of hydrogen-bond acceptors (Lipinski definition) is 5. The third-order valence-electron chi connectivity index (χ3n) is 4.16. The molecular weight excluding hydrogens is 240 g/mol. The van der Waals surface area contributed by atoms with Crippen LogP contribution in [0.4, 0.5) is 0 Å². The van der Waals surface area contributed by atoms with Gasteiger partial charge in [0.25, 0.3) is 0 Å². The summed E-state index contributed by atoms with van der Waals surface area (Å²) in [7, 11) is 1.53. The van der Waals surface area contributed by atoms with Gasteiger partial charge in [0.15, 0.2) is 12.1 Å². The van der Waals surface area contributed by atoms with Crippen molar-refractivity contribution in [3.63, 3.8) is 0 Å². The normalized spacial score (nSPS) is 49.1. The molecule has 1 saturated carbocycles. The maximum atomic E-state index is 11.3. The second-order valence-corrected chi connectivity index (χ2v) is 5.63. The van der Waals surface area contributed by atoms with E-state index in [4.69, 9.17) is 18.9 Å². The molecule has 0 radical (unpaired) electrons. The predicted molar refractivity (Wildman–Crippen MR) is 58.8 cm³/mol. The summed E-state index contributed by atoms with van der Waals surface area (Å²) in [6, 6.07) is 0. The summed E-state index contributed by atoms with van der Waals surface area (Å²) in [6.45, 7) is 3.64. The van der Waals surface area contributed by atoms with Gasteiger partial charge in [-0.3, -0.25) is 4.79 Å². The summed E-state index contributed by atoms with van der Waals surface area (Å²) in [5.74, 6) is -2.10. The third kappa shape index (κ3) is 1.46. The van der Waals surface area contributed by atoms with Crippen molar-refractivity contribution in [2.24, 2.45) is 5.92 Å². The summed E-state index contributed by atoms with van der Waals surface area (Å²) >= 11 is 0. The molecule has 0 aromatic rings. The SMILES string of the molecule is CO[C@@H]1O[C@@]2(CCC2C(=O)O)C2OC(C)(C)O[C@@H]21. The van der Waals surface area contributed by atoms with Crippen LogP contribution in [0.3, 0.4) is 0 Å². The topological polar surface area (TPSA) is 74.2 Å². The lowest BCUT2D eigenvalue weighted by Crippen LogP contribution is -2.58. The molecule has 18 heavy (non-hydrogen) atoms. The zero-order valence-corrected chi connectivity index (χ0v) is 10.7. The maximum absolute atomic E-state index is 11.3. The molecule has 6 nitrogen and oxygen atoms in total. The standard InChI is InChI=1S/C12H18O6/c1-11(2)16-7-8(17-11)12(18-10(7)15-3)5-4-6(12)9(13)14/h6-8,10H,4-5H2,1-3H3,(H,13,14)/t6?,7-,8?,10+,12+/m0/s1. The van der Waals surface area contributed by atoms with Gasteiger partial charge in [0.1, 0.15) is 17.8 Å². The molecule has 0 aromatic heterocycles. The monoisotopic (exact) mass is 258 g/mol. The van der Waals surface area contributed by atoms with Crippen LogP contribution in [0.2, 0.25) is 0 Å². The molecule has 6 heteroatoms. The fourth-order valence-electron chi connectivity index (χ4n) is 3.29. The first-order valence-corrected chi connectivity index (χ1v) is 6.19. The van der Waals surface area contributed by atoms with Crippen LogP contribution >= 0.6 is 0 Å². The second kappa shape index (κ2) is 3.66. The maximum Gasteiger partial charge on any atom is 0.309 e. The number of carbonyl (C=O) groups is 1. The number of hydrogen-bond donors (Lipinski definition) is 1. The molecule has 1 spiro atoms. The van der Waals surface area contributed by atoms with Crippen molar-refractivity contribution in [2.45, 2.75) is 56.6 Å². The van der Waals surface area contributed by atoms with E-state index >= 15 is 0 Å². The van der Waals surface area contributed by atoms with Crippen molar-refractivity contribution >= 4 is 5.97 Å². The quantitative estimate of drug-likeness (QED) is 0.787. The van der Waals surface area contributed by atoms with E-state index in [0.717, 1.165) is 0 Å². The lowest BCUT2D eigenvalue weighted by molar-refractivity contribution is -0.278. The van der Waals surface area contributed by atoms with Crippen LogP contribution in [0.5, 0.6) is 0 Å². The van der Waals surface area contributed by atoms with E-state index in [1.807, 2.05) is 13.8 Å². The minimum atomic E-state index is -0.843. The Kier molecular flexibility index (Phi) is 2.51. The number of aliphatic carboxylic acids is 1. The van der Waals surface area contributed by atoms with Gasteiger partial charge in [0.2, 0.25) is 0 Å². The summed E-state index contributed by atoms with van der Waals surface area (Å²) in [5, 5.41) is 9.25. The van der Waals surface area contributed by atoms with Crippen molar-refractivity contribution in [3.05, 3.63) is 0 Å². The lowest BCUT2D eigenvalue weighted by Gasteiger charge is -2.46. The first-order valence-electron chi connectivity index (χ1n) is 6.19. The first kappa shape index (κ1) is 12.3. The molecule has 3 fully saturated rings. The molecule has 2 heterocycles. The molecule has 2 unspecified atom stereocenters. The van der Waals surface area contributed by atoms with Crippen LogP contribution in [0.15, 0.2) is 0 Å². The highest BCUT2D eigenvalue weighted by molar-refractivity contribution is 5.73. The molecule has 2 saturated heterocycles. The van der Waals surface area contributed by atoms with Gasteiger partial charge in [0.05, 0.1) is 5.92 Å². The van der Waals surface area contributed by atoms with Gasteiger partial charge in [0, 0.05) is 7.11 Å². The number of methoxy groups -OCH3 is 1. The smallest absolute Gasteiger partial charge is 0.309 e. The van der Waals surface area contributed by atoms with Gasteiger partial charge in [-0.25, -0.2) is 0 Å². The van der Waals surface area contributed by atoms with Crippen molar-refractivity contribution in [3.8, 4) is 0 Å². The number of rotatable bonds is 2. The Morgan fingerprint density at radius 3 is 2.56 bits per heavy atom. The number of fused-ring (bicyclic) bond motifs is 2. The average Bonchev–Trinajstić information content (AvgIpc) is 2.67. The van der Waals surface area contributed by atoms with Crippen molar-refractivity contribution in [2.75, 3.05) is 7.11 Å². The third-order valence-corrected chi connectivity index (χ3v) is 4.16. The van der Waals surface area contributed by atoms with E-state index in [1.54, 1.807) is 0 Å². The molecule has 5 atom stereocenters. The van der Waals surface area contributed by atoms with E-state index < -0.39 is 29.6 Å². The fraction of sp³-hybridized carbons (Fsp3) is 0.917. The lowest BCUT2D eigenvalue weighted by atomic mass is 9.66. The molecule has 0 aromatic carbocycles. The Balaban J connectivity index is 1.91. The number of carboxylic acids is 1. The van der Waals surface area contributed by atoms with Gasteiger partial charge in [-0.15, -0.1) is 0 Å². The average molecular weight is 258 g/mol. The Labute approximate surface area is 105 Å². The van der Waals surface area contributed by atoms with E-state index in [0.29, 0.717) is 12.8 Å². The van der Waals surface area contributed by atoms with Gasteiger partial charge < -0.3 is 24.1 Å². The minimum absolute atomic E-state index is 0.354. The van der Waals surface area contributed by atoms with E-state index in [-0.39, 0.29) is 12.2 Å². The second-order valence-electron chi connectivity index (χ2n) is 5.63. The van der Waals surface area contributed by atoms with Crippen LogP contribution in [0.1, 0.15) is 26.7 Å². The molecule has 1 aliphatic carbocycles. The van der Waals surface area contributed by atoms with Crippen LogP contribution in [-0.2, 0) is 23.7 Å². The zero-order chi connectivity index (χ0) is 13.1. The summed E-state index contributed by atoms with van der Waals surface area (Å²) in [5.41, 5.74) is -0.787.